The van der Waals surface area contributed by atoms with Crippen LogP contribution in [-0.2, 0) is 6.42 Å². The number of hydrogen-bond acceptors (Lipinski definition) is 5. The summed E-state index contributed by atoms with van der Waals surface area (Å²) in [6.07, 6.45) is 5.22. The molecule has 3 aromatic heterocycles. The lowest BCUT2D eigenvalue weighted by Gasteiger charge is -2.05. The van der Waals surface area contributed by atoms with Gasteiger partial charge in [0.25, 0.3) is 5.91 Å². The topological polar surface area (TPSA) is 110 Å². The third kappa shape index (κ3) is 3.29. The number of hydrogen-bond donors (Lipinski definition) is 1. The number of benzene rings is 1. The van der Waals surface area contributed by atoms with Gasteiger partial charge in [0.15, 0.2) is 5.69 Å². The maximum absolute atomic E-state index is 11.9. The van der Waals surface area contributed by atoms with E-state index >= 15 is 0 Å². The normalized spacial score (nSPS) is 14.5. The van der Waals surface area contributed by atoms with Crippen molar-refractivity contribution < 1.29 is 4.79 Å². The zero-order chi connectivity index (χ0) is 21.4. The number of carbonyl (C=O) groups is 1. The first-order valence-electron chi connectivity index (χ1n) is 9.78. The van der Waals surface area contributed by atoms with Crippen LogP contribution in [0.1, 0.15) is 45.3 Å². The van der Waals surface area contributed by atoms with E-state index in [0.29, 0.717) is 16.6 Å². The van der Waals surface area contributed by atoms with Crippen LogP contribution in [0.5, 0.6) is 0 Å². The number of pyridine rings is 2. The predicted molar refractivity (Wildman–Crippen MR) is 114 cm³/mol. The minimum atomic E-state index is -0.654. The Morgan fingerprint density at radius 3 is 2.94 bits per heavy atom. The number of nitrogens with two attached hydrogens (primary N) is 1. The smallest absolute Gasteiger partial charge is 0.269 e. The van der Waals surface area contributed by atoms with Crippen LogP contribution < -0.4 is 5.73 Å². The lowest BCUT2D eigenvalue weighted by molar-refractivity contribution is 0.0996. The highest BCUT2D eigenvalue weighted by Crippen LogP contribution is 2.30. The molecule has 0 bridgehead atoms. The molecule has 1 aliphatic carbocycles. The number of fused-ring (bicyclic) bond motifs is 2. The number of primary amides is 1. The van der Waals surface area contributed by atoms with E-state index in [1.54, 1.807) is 10.7 Å². The van der Waals surface area contributed by atoms with E-state index in [1.165, 1.54) is 11.8 Å². The van der Waals surface area contributed by atoms with E-state index in [1.807, 2.05) is 42.6 Å². The maximum atomic E-state index is 11.9. The molecule has 4 aromatic rings. The van der Waals surface area contributed by atoms with Crippen LogP contribution in [0.15, 0.2) is 54.9 Å². The number of rotatable bonds is 2. The molecular formula is C24H16N6O. The summed E-state index contributed by atoms with van der Waals surface area (Å²) in [5.41, 5.74) is 10.3. The van der Waals surface area contributed by atoms with Crippen molar-refractivity contribution in [2.75, 3.05) is 0 Å². The first kappa shape index (κ1) is 18.5. The average Bonchev–Trinajstić information content (AvgIpc) is 3.39. The molecule has 0 fully saturated rings. The number of nitrogens with zero attached hydrogens (tertiary/aromatic N) is 5. The summed E-state index contributed by atoms with van der Waals surface area (Å²) in [7, 11) is 0. The van der Waals surface area contributed by atoms with Gasteiger partial charge in [-0.05, 0) is 42.7 Å². The quantitative estimate of drug-likeness (QED) is 0.517. The second-order valence-electron chi connectivity index (χ2n) is 7.28. The van der Waals surface area contributed by atoms with Gasteiger partial charge in [-0.3, -0.25) is 9.78 Å². The highest BCUT2D eigenvalue weighted by molar-refractivity contribution is 6.04. The molecule has 31 heavy (non-hydrogen) atoms. The third-order valence-electron chi connectivity index (χ3n) is 5.35. The number of carbonyl (C=O) groups excluding carboxylic acids is 1. The lowest BCUT2D eigenvalue weighted by atomic mass is 10.1. The van der Waals surface area contributed by atoms with E-state index in [9.17, 15) is 10.1 Å². The van der Waals surface area contributed by atoms with E-state index in [2.05, 4.69) is 33.0 Å². The van der Waals surface area contributed by atoms with Crippen LogP contribution in [0.25, 0.3) is 16.6 Å². The van der Waals surface area contributed by atoms with Crippen LogP contribution in [-0.4, -0.2) is 25.7 Å². The Bertz CT molecular complexity index is 1450. The Kier molecular flexibility index (Phi) is 4.42. The fraction of sp³-hybridized carbons (Fsp3) is 0.125. The van der Waals surface area contributed by atoms with Crippen molar-refractivity contribution in [1.29, 1.82) is 5.26 Å². The molecule has 0 aliphatic heterocycles. The second kappa shape index (κ2) is 7.40. The van der Waals surface area contributed by atoms with Gasteiger partial charge in [-0.15, -0.1) is 0 Å². The molecule has 0 spiro atoms. The van der Waals surface area contributed by atoms with Crippen molar-refractivity contribution in [3.63, 3.8) is 0 Å². The van der Waals surface area contributed by atoms with E-state index in [0.717, 1.165) is 24.1 Å². The molecule has 1 amide bonds. The Morgan fingerprint density at radius 1 is 1.19 bits per heavy atom. The molecule has 0 radical (unpaired) electrons. The number of aryl methyl sites for hydroxylation is 1. The summed E-state index contributed by atoms with van der Waals surface area (Å²) >= 11 is 0. The Hall–Kier alpha value is -4.49. The Labute approximate surface area is 178 Å². The van der Waals surface area contributed by atoms with Crippen LogP contribution in [0.2, 0.25) is 0 Å². The molecule has 5 rings (SSSR count). The molecule has 1 unspecified atom stereocenters. The molecule has 1 aromatic carbocycles. The summed E-state index contributed by atoms with van der Waals surface area (Å²) < 4.78 is 1.59. The first-order chi connectivity index (χ1) is 15.1. The fourth-order valence-corrected chi connectivity index (χ4v) is 3.89. The lowest BCUT2D eigenvalue weighted by Crippen LogP contribution is -2.12. The monoisotopic (exact) mass is 404 g/mol. The summed E-state index contributed by atoms with van der Waals surface area (Å²) in [5.74, 6) is 6.06. The van der Waals surface area contributed by atoms with Gasteiger partial charge in [0.05, 0.1) is 28.2 Å². The van der Waals surface area contributed by atoms with Crippen LogP contribution >= 0.6 is 0 Å². The molecule has 3 heterocycles. The van der Waals surface area contributed by atoms with Crippen LogP contribution in [0.4, 0.5) is 0 Å². The summed E-state index contributed by atoms with van der Waals surface area (Å²) in [4.78, 5) is 20.4. The highest BCUT2D eigenvalue weighted by Gasteiger charge is 2.21. The molecule has 148 valence electrons. The number of nitriles is 1. The summed E-state index contributed by atoms with van der Waals surface area (Å²) in [6, 6.07) is 15.2. The minimum absolute atomic E-state index is 0.108. The molecule has 0 saturated heterocycles. The second-order valence-corrected chi connectivity index (χ2v) is 7.28. The van der Waals surface area contributed by atoms with Gasteiger partial charge in [0.1, 0.15) is 11.8 Å². The van der Waals surface area contributed by atoms with Crippen molar-refractivity contribution in [2.45, 2.75) is 18.8 Å². The molecule has 7 heteroatoms. The van der Waals surface area contributed by atoms with Crippen molar-refractivity contribution in [1.82, 2.24) is 19.7 Å². The maximum Gasteiger partial charge on any atom is 0.269 e. The standard InChI is InChI=1S/C24H16N6O/c25-13-18-12-21-20(14-28-18)23(24(26)31)29-30(21)19-5-1-3-15(11-19)6-7-17-9-8-16-4-2-10-27-22(16)17/h1-5,10-12,14,17H,8-9H2,(H2,26,31). The highest BCUT2D eigenvalue weighted by atomic mass is 16.1. The molecule has 1 aliphatic rings. The zero-order valence-corrected chi connectivity index (χ0v) is 16.4. The number of amides is 1. The van der Waals surface area contributed by atoms with Crippen molar-refractivity contribution in [2.24, 2.45) is 5.73 Å². The van der Waals surface area contributed by atoms with E-state index < -0.39 is 5.91 Å². The van der Waals surface area contributed by atoms with Gasteiger partial charge in [-0.25, -0.2) is 9.67 Å². The van der Waals surface area contributed by atoms with Gasteiger partial charge < -0.3 is 5.73 Å². The molecule has 2 N–H and O–H groups in total. The van der Waals surface area contributed by atoms with Gasteiger partial charge in [-0.2, -0.15) is 10.4 Å². The number of aromatic nitrogens is 4. The van der Waals surface area contributed by atoms with Gasteiger partial charge in [0.2, 0.25) is 0 Å². The first-order valence-corrected chi connectivity index (χ1v) is 9.78. The Balaban J connectivity index is 1.56. The van der Waals surface area contributed by atoms with Crippen molar-refractivity contribution in [3.8, 4) is 23.6 Å². The molecule has 1 atom stereocenters. The largest absolute Gasteiger partial charge is 0.364 e. The van der Waals surface area contributed by atoms with E-state index in [4.69, 9.17) is 5.73 Å². The van der Waals surface area contributed by atoms with Crippen molar-refractivity contribution >= 4 is 16.8 Å². The fourth-order valence-electron chi connectivity index (χ4n) is 3.89. The predicted octanol–water partition coefficient (Wildman–Crippen LogP) is 2.87. The molecule has 0 saturated carbocycles. The Morgan fingerprint density at radius 2 is 2.10 bits per heavy atom. The van der Waals surface area contributed by atoms with Gasteiger partial charge >= 0.3 is 0 Å². The third-order valence-corrected chi connectivity index (χ3v) is 5.35. The average molecular weight is 404 g/mol. The van der Waals surface area contributed by atoms with Gasteiger partial charge in [0, 0.05) is 24.0 Å². The van der Waals surface area contributed by atoms with Crippen molar-refractivity contribution in [3.05, 3.63) is 83.1 Å². The summed E-state index contributed by atoms with van der Waals surface area (Å²) in [6.45, 7) is 0. The molecule has 7 nitrogen and oxygen atoms in total. The zero-order valence-electron chi connectivity index (χ0n) is 16.4. The van der Waals surface area contributed by atoms with Crippen LogP contribution in [0, 0.1) is 23.2 Å². The SMILES string of the molecule is N#Cc1cc2c(cn1)c(C(N)=O)nn2-c1cccc(C#CC2CCc3cccnc32)c1. The van der Waals surface area contributed by atoms with E-state index in [-0.39, 0.29) is 17.3 Å². The minimum Gasteiger partial charge on any atom is -0.364 e. The molecular weight excluding hydrogens is 388 g/mol. The van der Waals surface area contributed by atoms with Gasteiger partial charge in [-0.1, -0.05) is 24.0 Å². The van der Waals surface area contributed by atoms with Crippen LogP contribution in [0.3, 0.4) is 0 Å². The summed E-state index contributed by atoms with van der Waals surface area (Å²) in [5, 5.41) is 14.1.